The Balaban J connectivity index is 1.68. The molecule has 0 radical (unpaired) electrons. The Labute approximate surface area is 147 Å². The van der Waals surface area contributed by atoms with Crippen LogP contribution in [-0.2, 0) is 11.3 Å². The molecule has 0 spiro atoms. The molecule has 1 fully saturated rings. The van der Waals surface area contributed by atoms with Gasteiger partial charge in [0.1, 0.15) is 17.7 Å². The molecule has 2 aromatic rings. The monoisotopic (exact) mass is 335 g/mol. The van der Waals surface area contributed by atoms with Gasteiger partial charge in [0.25, 0.3) is 0 Å². The molecule has 6 heteroatoms. The first-order valence-electron chi connectivity index (χ1n) is 8.34. The quantitative estimate of drug-likeness (QED) is 0.928. The van der Waals surface area contributed by atoms with E-state index in [0.717, 1.165) is 29.1 Å². The standard InChI is InChI=1S/C19H21N5O/c1-12-13(2)21-14(3)22-18(12)23-17-8-9-24(19(17)25)11-16-6-4-15(10-20)5-7-16/h4-7,17H,8-9,11H2,1-3H3,(H,21,22,23). The van der Waals surface area contributed by atoms with Gasteiger partial charge in [0.2, 0.25) is 5.91 Å². The Morgan fingerprint density at radius 3 is 2.64 bits per heavy atom. The Kier molecular flexibility index (Phi) is 4.66. The molecule has 128 valence electrons. The largest absolute Gasteiger partial charge is 0.358 e. The highest BCUT2D eigenvalue weighted by Gasteiger charge is 2.32. The van der Waals surface area contributed by atoms with Crippen molar-refractivity contribution in [2.24, 2.45) is 0 Å². The predicted octanol–water partition coefficient (Wildman–Crippen LogP) is 2.49. The summed E-state index contributed by atoms with van der Waals surface area (Å²) in [5.41, 5.74) is 3.55. The van der Waals surface area contributed by atoms with E-state index in [1.165, 1.54) is 0 Å². The van der Waals surface area contributed by atoms with Crippen LogP contribution < -0.4 is 5.32 Å². The van der Waals surface area contributed by atoms with Gasteiger partial charge in [0.05, 0.1) is 11.6 Å². The molecule has 0 aliphatic carbocycles. The Bertz CT molecular complexity index is 838. The summed E-state index contributed by atoms with van der Waals surface area (Å²) < 4.78 is 0. The Morgan fingerprint density at radius 1 is 1.24 bits per heavy atom. The van der Waals surface area contributed by atoms with Gasteiger partial charge in [-0.2, -0.15) is 5.26 Å². The molecule has 25 heavy (non-hydrogen) atoms. The highest BCUT2D eigenvalue weighted by molar-refractivity contribution is 5.86. The van der Waals surface area contributed by atoms with Gasteiger partial charge >= 0.3 is 0 Å². The first-order valence-corrected chi connectivity index (χ1v) is 8.34. The minimum Gasteiger partial charge on any atom is -0.358 e. The highest BCUT2D eigenvalue weighted by Crippen LogP contribution is 2.21. The van der Waals surface area contributed by atoms with Crippen LogP contribution in [0.25, 0.3) is 0 Å². The van der Waals surface area contributed by atoms with Gasteiger partial charge in [0.15, 0.2) is 0 Å². The molecule has 1 N–H and O–H groups in total. The average Bonchev–Trinajstić information content (AvgIpc) is 2.93. The normalized spacial score (nSPS) is 16.8. The van der Waals surface area contributed by atoms with Gasteiger partial charge in [-0.15, -0.1) is 0 Å². The van der Waals surface area contributed by atoms with Gasteiger partial charge in [0, 0.05) is 24.3 Å². The van der Waals surface area contributed by atoms with E-state index in [2.05, 4.69) is 21.4 Å². The lowest BCUT2D eigenvalue weighted by atomic mass is 10.1. The van der Waals surface area contributed by atoms with Crippen LogP contribution >= 0.6 is 0 Å². The minimum atomic E-state index is -0.259. The molecule has 3 rings (SSSR count). The third kappa shape index (κ3) is 3.61. The first kappa shape index (κ1) is 16.9. The van der Waals surface area contributed by atoms with Crippen molar-refractivity contribution >= 4 is 11.7 Å². The molecular weight excluding hydrogens is 314 g/mol. The summed E-state index contributed by atoms with van der Waals surface area (Å²) in [6.45, 7) is 7.03. The van der Waals surface area contributed by atoms with Crippen molar-refractivity contribution < 1.29 is 4.79 Å². The first-order chi connectivity index (χ1) is 12.0. The SMILES string of the molecule is Cc1nc(C)c(C)c(NC2CCN(Cc3ccc(C#N)cc3)C2=O)n1. The number of hydrogen-bond acceptors (Lipinski definition) is 5. The maximum absolute atomic E-state index is 12.7. The number of nitrogens with zero attached hydrogens (tertiary/aromatic N) is 4. The van der Waals surface area contributed by atoms with Gasteiger partial charge in [-0.25, -0.2) is 9.97 Å². The van der Waals surface area contributed by atoms with Crippen molar-refractivity contribution in [3.63, 3.8) is 0 Å². The summed E-state index contributed by atoms with van der Waals surface area (Å²) in [6, 6.07) is 9.20. The smallest absolute Gasteiger partial charge is 0.245 e. The predicted molar refractivity (Wildman–Crippen MR) is 94.8 cm³/mol. The summed E-state index contributed by atoms with van der Waals surface area (Å²) in [4.78, 5) is 23.3. The van der Waals surface area contributed by atoms with E-state index in [-0.39, 0.29) is 11.9 Å². The number of hydrogen-bond donors (Lipinski definition) is 1. The second kappa shape index (κ2) is 6.89. The number of benzene rings is 1. The summed E-state index contributed by atoms with van der Waals surface area (Å²) in [7, 11) is 0. The number of likely N-dealkylation sites (tertiary alicyclic amines) is 1. The van der Waals surface area contributed by atoms with Crippen LogP contribution in [0.15, 0.2) is 24.3 Å². The zero-order valence-corrected chi connectivity index (χ0v) is 14.7. The molecule has 1 aliphatic heterocycles. The number of amides is 1. The number of anilines is 1. The van der Waals surface area contributed by atoms with E-state index in [9.17, 15) is 4.79 Å². The van der Waals surface area contributed by atoms with Gasteiger partial charge in [-0.1, -0.05) is 12.1 Å². The van der Waals surface area contributed by atoms with E-state index in [4.69, 9.17) is 5.26 Å². The van der Waals surface area contributed by atoms with E-state index in [0.29, 0.717) is 24.5 Å². The molecule has 1 saturated heterocycles. The maximum Gasteiger partial charge on any atom is 0.245 e. The number of nitrogens with one attached hydrogen (secondary N) is 1. The van der Waals surface area contributed by atoms with Crippen LogP contribution in [-0.4, -0.2) is 33.4 Å². The Morgan fingerprint density at radius 2 is 1.96 bits per heavy atom. The second-order valence-electron chi connectivity index (χ2n) is 6.38. The third-order valence-corrected chi connectivity index (χ3v) is 4.57. The molecule has 1 atom stereocenters. The van der Waals surface area contributed by atoms with Crippen molar-refractivity contribution in [1.29, 1.82) is 5.26 Å². The second-order valence-corrected chi connectivity index (χ2v) is 6.38. The van der Waals surface area contributed by atoms with E-state index >= 15 is 0 Å². The van der Waals surface area contributed by atoms with Crippen LogP contribution in [0.5, 0.6) is 0 Å². The molecule has 0 bridgehead atoms. The fourth-order valence-corrected chi connectivity index (χ4v) is 3.01. The summed E-state index contributed by atoms with van der Waals surface area (Å²) >= 11 is 0. The maximum atomic E-state index is 12.7. The van der Waals surface area contributed by atoms with Crippen LogP contribution in [0.2, 0.25) is 0 Å². The lowest BCUT2D eigenvalue weighted by Gasteiger charge is -2.18. The fourth-order valence-electron chi connectivity index (χ4n) is 3.01. The molecule has 1 aromatic heterocycles. The molecular formula is C19H21N5O. The van der Waals surface area contributed by atoms with Crippen molar-refractivity contribution in [2.75, 3.05) is 11.9 Å². The fraction of sp³-hybridized carbons (Fsp3) is 0.368. The molecule has 0 saturated carbocycles. The zero-order valence-electron chi connectivity index (χ0n) is 14.7. The van der Waals surface area contributed by atoms with Crippen molar-refractivity contribution in [1.82, 2.24) is 14.9 Å². The minimum absolute atomic E-state index is 0.0812. The average molecular weight is 335 g/mol. The van der Waals surface area contributed by atoms with Crippen LogP contribution in [0.1, 0.15) is 34.6 Å². The number of carbonyl (C=O) groups is 1. The lowest BCUT2D eigenvalue weighted by molar-refractivity contribution is -0.128. The molecule has 1 unspecified atom stereocenters. The van der Waals surface area contributed by atoms with E-state index in [1.807, 2.05) is 37.8 Å². The number of aryl methyl sites for hydroxylation is 2. The van der Waals surface area contributed by atoms with E-state index in [1.54, 1.807) is 12.1 Å². The highest BCUT2D eigenvalue weighted by atomic mass is 16.2. The zero-order chi connectivity index (χ0) is 18.0. The van der Waals surface area contributed by atoms with Crippen molar-refractivity contribution in [2.45, 2.75) is 39.8 Å². The van der Waals surface area contributed by atoms with Crippen molar-refractivity contribution in [3.05, 3.63) is 52.5 Å². The van der Waals surface area contributed by atoms with Crippen LogP contribution in [0.4, 0.5) is 5.82 Å². The van der Waals surface area contributed by atoms with Gasteiger partial charge in [-0.3, -0.25) is 4.79 Å². The number of rotatable bonds is 4. The Hall–Kier alpha value is -2.94. The molecule has 2 heterocycles. The summed E-state index contributed by atoms with van der Waals surface area (Å²) in [6.07, 6.45) is 0.747. The molecule has 1 aliphatic rings. The lowest BCUT2D eigenvalue weighted by Crippen LogP contribution is -2.33. The topological polar surface area (TPSA) is 81.9 Å². The number of nitriles is 1. The molecule has 1 aromatic carbocycles. The van der Waals surface area contributed by atoms with Crippen LogP contribution in [0, 0.1) is 32.1 Å². The number of aromatic nitrogens is 2. The third-order valence-electron chi connectivity index (χ3n) is 4.57. The van der Waals surface area contributed by atoms with Crippen LogP contribution in [0.3, 0.4) is 0 Å². The van der Waals surface area contributed by atoms with Crippen molar-refractivity contribution in [3.8, 4) is 6.07 Å². The summed E-state index contributed by atoms with van der Waals surface area (Å²) in [5.74, 6) is 1.52. The number of carbonyl (C=O) groups excluding carboxylic acids is 1. The molecule has 6 nitrogen and oxygen atoms in total. The van der Waals surface area contributed by atoms with E-state index < -0.39 is 0 Å². The molecule has 1 amide bonds. The summed E-state index contributed by atoms with van der Waals surface area (Å²) in [5, 5.41) is 12.1. The van der Waals surface area contributed by atoms with Gasteiger partial charge in [-0.05, 0) is 44.9 Å². The van der Waals surface area contributed by atoms with Gasteiger partial charge < -0.3 is 10.2 Å².